The molecule has 1 atom stereocenters. The fourth-order valence-electron chi connectivity index (χ4n) is 3.68. The minimum absolute atomic E-state index is 0. The van der Waals surface area contributed by atoms with E-state index in [4.69, 9.17) is 6.33 Å². The monoisotopic (exact) mass is 422 g/mol. The Bertz CT molecular complexity index is 692. The van der Waals surface area contributed by atoms with Gasteiger partial charge in [0.2, 0.25) is 0 Å². The van der Waals surface area contributed by atoms with Crippen molar-refractivity contribution >= 4 is 40.8 Å². The minimum atomic E-state index is -5.36. The predicted octanol–water partition coefficient (Wildman–Crippen LogP) is 4.59. The molecule has 1 unspecified atom stereocenters. The molecule has 0 N–H and O–H groups in total. The SMILES string of the molecule is C[O][Ti]([CH3])(=[O])(=[SiH2])([O][Si](C)(C)C)[C]1=C(C)C(C)=C(C)C1C.Cl.Cl. The van der Waals surface area contributed by atoms with Crippen LogP contribution in [0.5, 0.6) is 0 Å². The van der Waals surface area contributed by atoms with Gasteiger partial charge in [-0.3, -0.25) is 0 Å². The largest absolute Gasteiger partial charge is 0.147 e. The Balaban J connectivity index is 0. The molecule has 0 aromatic heterocycles. The summed E-state index contributed by atoms with van der Waals surface area (Å²) in [7, 11) is 0.983. The van der Waals surface area contributed by atoms with Gasteiger partial charge in [-0.2, -0.15) is 0 Å². The first-order chi connectivity index (χ1) is 8.57. The maximum Gasteiger partial charge on any atom is -0.147 e. The number of hydrogen-bond donors (Lipinski definition) is 0. The van der Waals surface area contributed by atoms with Gasteiger partial charge in [-0.05, 0) is 0 Å². The molecule has 0 fully saturated rings. The molecule has 0 aliphatic heterocycles. The van der Waals surface area contributed by atoms with Gasteiger partial charge in [-0.25, -0.2) is 0 Å². The zero-order valence-electron chi connectivity index (χ0n) is 15.3. The van der Waals surface area contributed by atoms with Gasteiger partial charge in [0, 0.05) is 0 Å². The topological polar surface area (TPSA) is 35.5 Å². The van der Waals surface area contributed by atoms with Crippen LogP contribution in [0.3, 0.4) is 0 Å². The van der Waals surface area contributed by atoms with Crippen molar-refractivity contribution in [3.63, 3.8) is 0 Å². The van der Waals surface area contributed by atoms with Crippen LogP contribution in [0.25, 0.3) is 0 Å². The molecule has 0 saturated carbocycles. The van der Waals surface area contributed by atoms with E-state index < -0.39 is 21.8 Å². The van der Waals surface area contributed by atoms with E-state index in [0.717, 1.165) is 9.45 Å². The summed E-state index contributed by atoms with van der Waals surface area (Å²) in [6.45, 7) is 14.5. The fourth-order valence-corrected chi connectivity index (χ4v) is 27.7. The second kappa shape index (κ2) is 6.34. The summed E-state index contributed by atoms with van der Waals surface area (Å²) in [5.41, 5.74) is 3.58. The van der Waals surface area contributed by atoms with Crippen LogP contribution in [-0.4, -0.2) is 23.1 Å². The number of rotatable bonds is 4. The first-order valence-electron chi connectivity index (χ1n) is 7.23. The molecule has 0 radical (unpaired) electrons. The van der Waals surface area contributed by atoms with E-state index in [1.807, 2.05) is 6.92 Å². The average Bonchev–Trinajstić information content (AvgIpc) is 2.41. The summed E-state index contributed by atoms with van der Waals surface area (Å²) >= 11 is -5.36. The first-order valence-corrected chi connectivity index (χ1v) is 18.9. The van der Waals surface area contributed by atoms with Gasteiger partial charge in [0.05, 0.1) is 0 Å². The molecule has 8 heteroatoms. The van der Waals surface area contributed by atoms with Crippen LogP contribution in [0, 0.1) is 5.92 Å². The summed E-state index contributed by atoms with van der Waals surface area (Å²) in [5.74, 6) is 0.122. The van der Waals surface area contributed by atoms with Crippen LogP contribution < -0.4 is 0 Å². The van der Waals surface area contributed by atoms with Crippen molar-refractivity contribution in [3.05, 3.63) is 20.6 Å². The molecule has 132 valence electrons. The Labute approximate surface area is 149 Å². The summed E-state index contributed by atoms with van der Waals surface area (Å²) in [5, 5.41) is 1.75. The summed E-state index contributed by atoms with van der Waals surface area (Å²) in [6, 6.07) is 0. The normalized spacial score (nSPS) is 21.0. The maximum absolute atomic E-state index is 14.3. The number of hydrogen-bond acceptors (Lipinski definition) is 3. The summed E-state index contributed by atoms with van der Waals surface area (Å²) in [6.07, 6.45) is 0. The summed E-state index contributed by atoms with van der Waals surface area (Å²) < 4.78 is 27.3. The molecule has 0 saturated heterocycles. The third-order valence-electron chi connectivity index (χ3n) is 4.66. The maximum atomic E-state index is 14.3. The molecule has 1 aliphatic rings. The van der Waals surface area contributed by atoms with E-state index in [-0.39, 0.29) is 30.7 Å². The van der Waals surface area contributed by atoms with E-state index in [2.05, 4.69) is 40.4 Å². The van der Waals surface area contributed by atoms with Gasteiger partial charge in [0.1, 0.15) is 0 Å². The molecule has 0 aromatic rings. The molecule has 0 spiro atoms. The fraction of sp³-hybridized carbons (Fsp3) is 0.714. The van der Waals surface area contributed by atoms with Crippen molar-refractivity contribution < 1.29 is 23.2 Å². The predicted molar refractivity (Wildman–Crippen MR) is 101 cm³/mol. The van der Waals surface area contributed by atoms with E-state index in [1.165, 1.54) is 18.8 Å². The van der Waals surface area contributed by atoms with Gasteiger partial charge in [-0.15, -0.1) is 24.8 Å². The van der Waals surface area contributed by atoms with E-state index >= 15 is 0 Å². The van der Waals surface area contributed by atoms with Gasteiger partial charge >= 0.3 is 125 Å². The molecule has 0 bridgehead atoms. The molecule has 0 amide bonds. The Morgan fingerprint density at radius 2 is 1.50 bits per heavy atom. The van der Waals surface area contributed by atoms with Crippen LogP contribution in [0.15, 0.2) is 20.6 Å². The Kier molecular flexibility index (Phi) is 7.25. The third-order valence-corrected chi connectivity index (χ3v) is 21.9. The van der Waals surface area contributed by atoms with Crippen molar-refractivity contribution in [3.8, 4) is 0 Å². The Morgan fingerprint density at radius 1 is 1.09 bits per heavy atom. The molecular weight excluding hydrogens is 391 g/mol. The standard InChI is InChI=1S/C9H13.C3H9OSi.CH3O.CH3.2ClH.O.H2Si.Ti/c1-6-5-7(2)9(4)8(6)3;1-5(2,3)4;1-2;;;;;;/h6H,1-4H3;1-3H3;1H3;1H3;2*1H;;1H2;/q;2*-1;;;;;;+2. The molecule has 0 aromatic carbocycles. The number of halogens is 2. The van der Waals surface area contributed by atoms with Crippen LogP contribution in [-0.2, 0) is 23.2 Å². The van der Waals surface area contributed by atoms with E-state index in [9.17, 15) is 3.32 Å². The van der Waals surface area contributed by atoms with Crippen molar-refractivity contribution in [2.75, 3.05) is 7.11 Å². The van der Waals surface area contributed by atoms with Crippen molar-refractivity contribution in [1.82, 2.24) is 0 Å². The quantitative estimate of drug-likeness (QED) is 0.621. The Hall–Kier alpha value is 0.928. The van der Waals surface area contributed by atoms with Crippen molar-refractivity contribution in [1.29, 1.82) is 0 Å². The van der Waals surface area contributed by atoms with Gasteiger partial charge in [0.15, 0.2) is 0 Å². The second-order valence-electron chi connectivity index (χ2n) is 7.87. The summed E-state index contributed by atoms with van der Waals surface area (Å²) in [4.78, 5) is 0. The van der Waals surface area contributed by atoms with Gasteiger partial charge < -0.3 is 0 Å². The second-order valence-corrected chi connectivity index (χ2v) is 30.1. The van der Waals surface area contributed by atoms with Crippen LogP contribution in [0.2, 0.25) is 24.9 Å². The minimum Gasteiger partial charge on any atom is -0.147 e. The molecule has 3 nitrogen and oxygen atoms in total. The first kappa shape index (κ1) is 25.2. The van der Waals surface area contributed by atoms with Gasteiger partial charge in [0.25, 0.3) is 0 Å². The Morgan fingerprint density at radius 3 is 1.73 bits per heavy atom. The molecule has 1 rings (SSSR count). The zero-order chi connectivity index (χ0) is 16.2. The van der Waals surface area contributed by atoms with Crippen LogP contribution >= 0.6 is 24.8 Å². The number of allylic oxidation sites excluding steroid dienone is 4. The molecular formula is C14H32Cl2O3Si2Ti. The van der Waals surface area contributed by atoms with E-state index in [0.29, 0.717) is 0 Å². The molecule has 0 heterocycles. The van der Waals surface area contributed by atoms with Gasteiger partial charge in [-0.1, -0.05) is 0 Å². The van der Waals surface area contributed by atoms with Crippen molar-refractivity contribution in [2.24, 2.45) is 5.92 Å². The van der Waals surface area contributed by atoms with Crippen LogP contribution in [0.1, 0.15) is 27.7 Å². The van der Waals surface area contributed by atoms with Crippen molar-refractivity contribution in [2.45, 2.75) is 52.6 Å². The average molecular weight is 423 g/mol. The molecule has 22 heavy (non-hydrogen) atoms. The van der Waals surface area contributed by atoms with Crippen LogP contribution in [0.4, 0.5) is 0 Å². The molecule has 1 aliphatic carbocycles. The third kappa shape index (κ3) is 4.31. The smallest absolute Gasteiger partial charge is 0.147 e. The van der Waals surface area contributed by atoms with E-state index in [1.54, 1.807) is 12.3 Å². The zero-order valence-corrected chi connectivity index (χ0v) is 20.9.